The monoisotopic (exact) mass is 523 g/mol. The minimum atomic E-state index is -1.21. The molecule has 3 amide bonds. The number of hydrogen-bond donors (Lipinski definition) is 7. The lowest BCUT2D eigenvalue weighted by Gasteiger charge is -2.24. The molecular formula is C27H33N5O6. The van der Waals surface area contributed by atoms with Crippen molar-refractivity contribution in [2.24, 2.45) is 11.7 Å². The summed E-state index contributed by atoms with van der Waals surface area (Å²) in [6.45, 7) is 3.02. The van der Waals surface area contributed by atoms with E-state index in [9.17, 15) is 29.4 Å². The first-order valence-corrected chi connectivity index (χ1v) is 12.2. The van der Waals surface area contributed by atoms with Gasteiger partial charge in [-0.2, -0.15) is 0 Å². The van der Waals surface area contributed by atoms with Crippen LogP contribution in [0.4, 0.5) is 0 Å². The molecule has 2 aromatic carbocycles. The normalized spacial score (nSPS) is 13.5. The molecule has 0 radical (unpaired) electrons. The molecule has 3 atom stereocenters. The Labute approximate surface area is 219 Å². The van der Waals surface area contributed by atoms with Gasteiger partial charge in [-0.25, -0.2) is 4.79 Å². The van der Waals surface area contributed by atoms with Crippen LogP contribution in [0.15, 0.2) is 54.7 Å². The fourth-order valence-electron chi connectivity index (χ4n) is 4.02. The van der Waals surface area contributed by atoms with E-state index < -0.39 is 48.4 Å². The Hall–Kier alpha value is -4.38. The Balaban J connectivity index is 1.55. The maximum atomic E-state index is 13.0. The summed E-state index contributed by atoms with van der Waals surface area (Å²) in [7, 11) is 0. The molecule has 38 heavy (non-hydrogen) atoms. The number of aromatic nitrogens is 1. The molecule has 1 heterocycles. The summed E-state index contributed by atoms with van der Waals surface area (Å²) < 4.78 is 0. The number of carbonyl (C=O) groups excluding carboxylic acids is 3. The van der Waals surface area contributed by atoms with Crippen molar-refractivity contribution >= 4 is 34.6 Å². The summed E-state index contributed by atoms with van der Waals surface area (Å²) in [5.74, 6) is -3.27. The van der Waals surface area contributed by atoms with Crippen LogP contribution in [0.25, 0.3) is 10.9 Å². The molecule has 11 heteroatoms. The number of H-pyrrole nitrogens is 1. The molecular weight excluding hydrogens is 490 g/mol. The van der Waals surface area contributed by atoms with E-state index in [1.165, 1.54) is 12.1 Å². The van der Waals surface area contributed by atoms with E-state index in [0.29, 0.717) is 0 Å². The van der Waals surface area contributed by atoms with Crippen molar-refractivity contribution in [1.82, 2.24) is 20.9 Å². The molecule has 3 aromatic rings. The van der Waals surface area contributed by atoms with Crippen LogP contribution >= 0.6 is 0 Å². The number of phenolic OH excluding ortho intramolecular Hbond substituents is 1. The van der Waals surface area contributed by atoms with Gasteiger partial charge in [-0.15, -0.1) is 0 Å². The summed E-state index contributed by atoms with van der Waals surface area (Å²) in [6.07, 6.45) is 1.97. The van der Waals surface area contributed by atoms with E-state index in [0.717, 1.165) is 22.0 Å². The molecule has 1 aromatic heterocycles. The molecule has 3 rings (SSSR count). The number of para-hydroxylation sites is 1. The SMILES string of the molecule is CC(C)C(NC(=O)CNC(=O)C(N)Cc1ccc(O)cc1)C(=O)NC(Cc1c[nH]c2ccccc12)C(=O)O. The average Bonchev–Trinajstić information content (AvgIpc) is 3.29. The van der Waals surface area contributed by atoms with Gasteiger partial charge >= 0.3 is 5.97 Å². The molecule has 202 valence electrons. The highest BCUT2D eigenvalue weighted by molar-refractivity contribution is 5.93. The number of rotatable bonds is 12. The Bertz CT molecular complexity index is 1290. The van der Waals surface area contributed by atoms with E-state index in [1.54, 1.807) is 32.2 Å². The summed E-state index contributed by atoms with van der Waals surface area (Å²) in [5.41, 5.74) is 8.26. The van der Waals surface area contributed by atoms with Crippen molar-refractivity contribution in [2.75, 3.05) is 6.54 Å². The number of amides is 3. The quantitative estimate of drug-likeness (QED) is 0.183. The van der Waals surface area contributed by atoms with Crippen molar-refractivity contribution in [2.45, 2.75) is 44.8 Å². The Kier molecular flexibility index (Phi) is 9.44. The van der Waals surface area contributed by atoms with Gasteiger partial charge in [0.2, 0.25) is 17.7 Å². The average molecular weight is 524 g/mol. The minimum Gasteiger partial charge on any atom is -0.508 e. The molecule has 0 spiro atoms. The van der Waals surface area contributed by atoms with Gasteiger partial charge in [0.25, 0.3) is 0 Å². The first-order valence-electron chi connectivity index (χ1n) is 12.2. The highest BCUT2D eigenvalue weighted by Gasteiger charge is 2.29. The van der Waals surface area contributed by atoms with Crippen molar-refractivity contribution in [3.8, 4) is 5.75 Å². The molecule has 0 aliphatic heterocycles. The Morgan fingerprint density at radius 1 is 0.947 bits per heavy atom. The summed E-state index contributed by atoms with van der Waals surface area (Å²) in [6, 6.07) is 10.6. The van der Waals surface area contributed by atoms with Gasteiger partial charge < -0.3 is 36.9 Å². The predicted molar refractivity (Wildman–Crippen MR) is 141 cm³/mol. The van der Waals surface area contributed by atoms with Crippen LogP contribution in [0, 0.1) is 5.92 Å². The maximum Gasteiger partial charge on any atom is 0.326 e. The molecule has 0 fully saturated rings. The zero-order valence-electron chi connectivity index (χ0n) is 21.2. The van der Waals surface area contributed by atoms with Crippen molar-refractivity contribution in [3.63, 3.8) is 0 Å². The second kappa shape index (κ2) is 12.7. The molecule has 11 nitrogen and oxygen atoms in total. The molecule has 0 aliphatic carbocycles. The van der Waals surface area contributed by atoms with Gasteiger partial charge in [0.1, 0.15) is 17.8 Å². The Morgan fingerprint density at radius 2 is 1.63 bits per heavy atom. The first-order chi connectivity index (χ1) is 18.0. The molecule has 8 N–H and O–H groups in total. The minimum absolute atomic E-state index is 0.0544. The maximum absolute atomic E-state index is 13.0. The van der Waals surface area contributed by atoms with Crippen LogP contribution in [-0.4, -0.2) is 63.6 Å². The van der Waals surface area contributed by atoms with E-state index in [1.807, 2.05) is 24.3 Å². The lowest BCUT2D eigenvalue weighted by Crippen LogP contribution is -2.56. The number of benzene rings is 2. The molecule has 3 unspecified atom stereocenters. The summed E-state index contributed by atoms with van der Waals surface area (Å²) >= 11 is 0. The topological polar surface area (TPSA) is 187 Å². The van der Waals surface area contributed by atoms with Crippen LogP contribution in [0.5, 0.6) is 5.75 Å². The van der Waals surface area contributed by atoms with Gasteiger partial charge in [0.15, 0.2) is 0 Å². The number of aromatic hydroxyl groups is 1. The molecule has 0 aliphatic rings. The zero-order valence-corrected chi connectivity index (χ0v) is 21.2. The fraction of sp³-hybridized carbons (Fsp3) is 0.333. The number of hydrogen-bond acceptors (Lipinski definition) is 6. The first kappa shape index (κ1) is 28.2. The standard InChI is InChI=1S/C27H33N5O6/c1-15(2)24(32-23(34)14-30-25(35)20(28)11-16-7-9-18(33)10-8-16)26(36)31-22(27(37)38)12-17-13-29-21-6-4-3-5-19(17)21/h3-10,13,15,20,22,24,29,33H,11-12,14,28H2,1-2H3,(H,30,35)(H,31,36)(H,32,34)(H,37,38). The lowest BCUT2D eigenvalue weighted by atomic mass is 10.0. The van der Waals surface area contributed by atoms with Gasteiger partial charge in [0.05, 0.1) is 12.6 Å². The third-order valence-electron chi connectivity index (χ3n) is 6.13. The number of aliphatic carboxylic acids is 1. The third kappa shape index (κ3) is 7.56. The number of fused-ring (bicyclic) bond motifs is 1. The summed E-state index contributed by atoms with van der Waals surface area (Å²) in [4.78, 5) is 52.8. The van der Waals surface area contributed by atoms with Crippen LogP contribution in [0.3, 0.4) is 0 Å². The third-order valence-corrected chi connectivity index (χ3v) is 6.13. The van der Waals surface area contributed by atoms with Gasteiger partial charge in [-0.3, -0.25) is 14.4 Å². The van der Waals surface area contributed by atoms with E-state index in [-0.39, 0.29) is 24.5 Å². The van der Waals surface area contributed by atoms with E-state index in [2.05, 4.69) is 20.9 Å². The smallest absolute Gasteiger partial charge is 0.326 e. The fourth-order valence-corrected chi connectivity index (χ4v) is 4.02. The van der Waals surface area contributed by atoms with Crippen LogP contribution in [-0.2, 0) is 32.0 Å². The number of aromatic amines is 1. The number of nitrogens with one attached hydrogen (secondary N) is 4. The highest BCUT2D eigenvalue weighted by Crippen LogP contribution is 2.19. The van der Waals surface area contributed by atoms with Crippen LogP contribution in [0.1, 0.15) is 25.0 Å². The lowest BCUT2D eigenvalue weighted by molar-refractivity contribution is -0.142. The predicted octanol–water partition coefficient (Wildman–Crippen LogP) is 0.812. The molecule has 0 bridgehead atoms. The van der Waals surface area contributed by atoms with Crippen molar-refractivity contribution < 1.29 is 29.4 Å². The number of carbonyl (C=O) groups is 4. The largest absolute Gasteiger partial charge is 0.508 e. The zero-order chi connectivity index (χ0) is 27.8. The number of carboxylic acids is 1. The molecule has 0 saturated carbocycles. The van der Waals surface area contributed by atoms with Crippen LogP contribution < -0.4 is 21.7 Å². The second-order valence-electron chi connectivity index (χ2n) is 9.45. The number of phenols is 1. The highest BCUT2D eigenvalue weighted by atomic mass is 16.4. The van der Waals surface area contributed by atoms with Crippen molar-refractivity contribution in [1.29, 1.82) is 0 Å². The molecule has 0 saturated heterocycles. The van der Waals surface area contributed by atoms with Crippen LogP contribution in [0.2, 0.25) is 0 Å². The van der Waals surface area contributed by atoms with E-state index >= 15 is 0 Å². The number of carboxylic acid groups (broad SMARTS) is 1. The summed E-state index contributed by atoms with van der Waals surface area (Å²) in [5, 5.41) is 27.5. The number of nitrogens with two attached hydrogens (primary N) is 1. The van der Waals surface area contributed by atoms with Gasteiger partial charge in [-0.05, 0) is 41.7 Å². The van der Waals surface area contributed by atoms with E-state index in [4.69, 9.17) is 5.73 Å². The van der Waals surface area contributed by atoms with Crippen molar-refractivity contribution in [3.05, 3.63) is 65.9 Å². The second-order valence-corrected chi connectivity index (χ2v) is 9.45. The van der Waals surface area contributed by atoms with Gasteiger partial charge in [-0.1, -0.05) is 44.2 Å². The van der Waals surface area contributed by atoms with Gasteiger partial charge in [0, 0.05) is 23.5 Å². The Morgan fingerprint density at radius 3 is 2.29 bits per heavy atom.